The van der Waals surface area contributed by atoms with Gasteiger partial charge in [-0.2, -0.15) is 0 Å². The number of rotatable bonds is 6. The second-order valence-corrected chi connectivity index (χ2v) is 6.33. The highest BCUT2D eigenvalue weighted by atomic mass is 16.2. The highest BCUT2D eigenvalue weighted by molar-refractivity contribution is 5.91. The van der Waals surface area contributed by atoms with Crippen LogP contribution in [0.3, 0.4) is 0 Å². The van der Waals surface area contributed by atoms with E-state index in [9.17, 15) is 4.79 Å². The van der Waals surface area contributed by atoms with Crippen LogP contribution in [0, 0.1) is 11.8 Å². The monoisotopic (exact) mass is 293 g/mol. The maximum Gasteiger partial charge on any atom is 0.273 e. The molecule has 1 aromatic rings. The summed E-state index contributed by atoms with van der Waals surface area (Å²) in [5.41, 5.74) is 0.409. The van der Waals surface area contributed by atoms with Gasteiger partial charge >= 0.3 is 0 Å². The van der Waals surface area contributed by atoms with E-state index in [1.54, 1.807) is 10.9 Å². The highest BCUT2D eigenvalue weighted by Gasteiger charge is 2.21. The minimum absolute atomic E-state index is 0.115. The summed E-state index contributed by atoms with van der Waals surface area (Å²) in [6.45, 7) is 11.4. The first-order chi connectivity index (χ1) is 10.1. The van der Waals surface area contributed by atoms with Crippen molar-refractivity contribution in [3.8, 4) is 0 Å². The summed E-state index contributed by atoms with van der Waals surface area (Å²) in [5.74, 6) is 1.13. The predicted molar refractivity (Wildman–Crippen MR) is 82.0 cm³/mol. The Kier molecular flexibility index (Phi) is 5.73. The largest absolute Gasteiger partial charge is 0.350 e. The van der Waals surface area contributed by atoms with Gasteiger partial charge in [0.1, 0.15) is 0 Å². The van der Waals surface area contributed by atoms with E-state index in [0.717, 1.165) is 26.2 Å². The minimum Gasteiger partial charge on any atom is -0.350 e. The van der Waals surface area contributed by atoms with Crippen LogP contribution >= 0.6 is 0 Å². The fourth-order valence-corrected chi connectivity index (χ4v) is 2.88. The van der Waals surface area contributed by atoms with E-state index in [2.05, 4.69) is 34.4 Å². The molecule has 1 saturated heterocycles. The van der Waals surface area contributed by atoms with Gasteiger partial charge in [-0.05, 0) is 38.1 Å². The molecule has 0 bridgehead atoms. The summed E-state index contributed by atoms with van der Waals surface area (Å²) >= 11 is 0. The lowest BCUT2D eigenvalue weighted by Gasteiger charge is -2.33. The highest BCUT2D eigenvalue weighted by Crippen LogP contribution is 2.16. The molecule has 0 spiro atoms. The lowest BCUT2D eigenvalue weighted by atomic mass is 9.97. The Morgan fingerprint density at radius 1 is 1.52 bits per heavy atom. The number of amides is 1. The van der Waals surface area contributed by atoms with Crippen LogP contribution in [0.4, 0.5) is 0 Å². The molecule has 1 N–H and O–H groups in total. The topological polar surface area (TPSA) is 63.1 Å². The first-order valence-electron chi connectivity index (χ1n) is 7.99. The van der Waals surface area contributed by atoms with Crippen LogP contribution in [0.25, 0.3) is 0 Å². The molecule has 118 valence electrons. The molecular weight excluding hydrogens is 266 g/mol. The number of hydrogen-bond donors (Lipinski definition) is 1. The zero-order chi connectivity index (χ0) is 15.2. The Bertz CT molecular complexity index is 457. The summed E-state index contributed by atoms with van der Waals surface area (Å²) < 4.78 is 1.67. The van der Waals surface area contributed by atoms with Crippen LogP contribution in [0.5, 0.6) is 0 Å². The van der Waals surface area contributed by atoms with Crippen LogP contribution < -0.4 is 5.32 Å². The maximum absolute atomic E-state index is 12.0. The number of carbonyl (C=O) groups excluding carboxylic acids is 1. The molecule has 0 aromatic carbocycles. The summed E-state index contributed by atoms with van der Waals surface area (Å²) in [4.78, 5) is 14.5. The Hall–Kier alpha value is -1.43. The van der Waals surface area contributed by atoms with E-state index in [1.165, 1.54) is 19.4 Å². The van der Waals surface area contributed by atoms with Crippen molar-refractivity contribution in [2.45, 2.75) is 40.2 Å². The molecule has 1 aromatic heterocycles. The number of nitrogens with one attached hydrogen (secondary N) is 1. The lowest BCUT2D eigenvalue weighted by molar-refractivity contribution is 0.0924. The van der Waals surface area contributed by atoms with E-state index in [0.29, 0.717) is 17.5 Å². The summed E-state index contributed by atoms with van der Waals surface area (Å²) in [6, 6.07) is 0. The van der Waals surface area contributed by atoms with Gasteiger partial charge in [0.05, 0.1) is 6.20 Å². The molecule has 0 unspecified atom stereocenters. The van der Waals surface area contributed by atoms with E-state index in [-0.39, 0.29) is 5.91 Å². The summed E-state index contributed by atoms with van der Waals surface area (Å²) in [5, 5.41) is 10.8. The molecule has 2 heterocycles. The first-order valence-corrected chi connectivity index (χ1v) is 7.99. The lowest BCUT2D eigenvalue weighted by Crippen LogP contribution is -2.42. The third-order valence-electron chi connectivity index (χ3n) is 3.87. The van der Waals surface area contributed by atoms with Crippen LogP contribution in [0.1, 0.15) is 44.1 Å². The van der Waals surface area contributed by atoms with Gasteiger partial charge in [-0.25, -0.2) is 0 Å². The summed E-state index contributed by atoms with van der Waals surface area (Å²) in [7, 11) is 0. The van der Waals surface area contributed by atoms with Crippen molar-refractivity contribution in [2.75, 3.05) is 26.2 Å². The van der Waals surface area contributed by atoms with Crippen molar-refractivity contribution < 1.29 is 4.79 Å². The van der Waals surface area contributed by atoms with Crippen molar-refractivity contribution in [3.05, 3.63) is 11.9 Å². The van der Waals surface area contributed by atoms with Gasteiger partial charge in [-0.1, -0.05) is 19.1 Å². The smallest absolute Gasteiger partial charge is 0.273 e. The standard InChI is InChI=1S/C15H27N5O/c1-4-20-11-14(17-18-20)15(21)16-8-13-6-5-7-19(10-13)9-12(2)3/h11-13H,4-10H2,1-3H3,(H,16,21)/t13-/m1/s1. The number of hydrogen-bond acceptors (Lipinski definition) is 4. The molecule has 0 aliphatic carbocycles. The Morgan fingerprint density at radius 3 is 3.00 bits per heavy atom. The maximum atomic E-state index is 12.0. The van der Waals surface area contributed by atoms with E-state index in [1.807, 2.05) is 6.92 Å². The molecule has 6 heteroatoms. The molecule has 1 aliphatic heterocycles. The van der Waals surface area contributed by atoms with Gasteiger partial charge in [0, 0.05) is 26.2 Å². The molecule has 6 nitrogen and oxygen atoms in total. The first kappa shape index (κ1) is 15.9. The molecule has 1 aliphatic rings. The second-order valence-electron chi connectivity index (χ2n) is 6.33. The molecule has 1 fully saturated rings. The van der Waals surface area contributed by atoms with Crippen molar-refractivity contribution in [1.82, 2.24) is 25.2 Å². The Balaban J connectivity index is 1.78. The van der Waals surface area contributed by atoms with E-state index >= 15 is 0 Å². The Labute approximate surface area is 126 Å². The normalized spacial score (nSPS) is 19.9. The van der Waals surface area contributed by atoms with Crippen LogP contribution in [0.15, 0.2) is 6.20 Å². The molecule has 2 rings (SSSR count). The van der Waals surface area contributed by atoms with Crippen LogP contribution in [-0.2, 0) is 6.54 Å². The molecule has 0 saturated carbocycles. The fraction of sp³-hybridized carbons (Fsp3) is 0.800. The molecule has 1 amide bonds. The fourth-order valence-electron chi connectivity index (χ4n) is 2.88. The van der Waals surface area contributed by atoms with Crippen molar-refractivity contribution in [1.29, 1.82) is 0 Å². The van der Waals surface area contributed by atoms with Crippen LogP contribution in [-0.4, -0.2) is 52.0 Å². The average molecular weight is 293 g/mol. The second kappa shape index (κ2) is 7.54. The zero-order valence-corrected chi connectivity index (χ0v) is 13.4. The average Bonchev–Trinajstić information content (AvgIpc) is 2.93. The van der Waals surface area contributed by atoms with E-state index < -0.39 is 0 Å². The third kappa shape index (κ3) is 4.81. The van der Waals surface area contributed by atoms with Crippen molar-refractivity contribution >= 4 is 5.91 Å². The predicted octanol–water partition coefficient (Wildman–Crippen LogP) is 1.40. The van der Waals surface area contributed by atoms with Gasteiger partial charge in [0.15, 0.2) is 5.69 Å². The molecule has 0 radical (unpaired) electrons. The van der Waals surface area contributed by atoms with Crippen LogP contribution in [0.2, 0.25) is 0 Å². The quantitative estimate of drug-likeness (QED) is 0.861. The number of carbonyl (C=O) groups is 1. The zero-order valence-electron chi connectivity index (χ0n) is 13.4. The number of piperidine rings is 1. The van der Waals surface area contributed by atoms with Gasteiger partial charge in [0.2, 0.25) is 0 Å². The third-order valence-corrected chi connectivity index (χ3v) is 3.87. The summed E-state index contributed by atoms with van der Waals surface area (Å²) in [6.07, 6.45) is 4.11. The Morgan fingerprint density at radius 2 is 2.33 bits per heavy atom. The molecule has 1 atom stereocenters. The van der Waals surface area contributed by atoms with Crippen molar-refractivity contribution in [3.63, 3.8) is 0 Å². The molecule has 21 heavy (non-hydrogen) atoms. The number of likely N-dealkylation sites (tertiary alicyclic amines) is 1. The van der Waals surface area contributed by atoms with Gasteiger partial charge in [-0.15, -0.1) is 5.10 Å². The van der Waals surface area contributed by atoms with E-state index in [4.69, 9.17) is 0 Å². The molecular formula is C15H27N5O. The van der Waals surface area contributed by atoms with Gasteiger partial charge in [0.25, 0.3) is 5.91 Å². The van der Waals surface area contributed by atoms with Gasteiger partial charge in [-0.3, -0.25) is 9.48 Å². The number of aromatic nitrogens is 3. The number of nitrogens with zero attached hydrogens (tertiary/aromatic N) is 4. The SMILES string of the molecule is CCn1cc(C(=O)NC[C@H]2CCCN(CC(C)C)C2)nn1. The number of aryl methyl sites for hydroxylation is 1. The van der Waals surface area contributed by atoms with Crippen molar-refractivity contribution in [2.24, 2.45) is 11.8 Å². The van der Waals surface area contributed by atoms with Gasteiger partial charge < -0.3 is 10.2 Å². The minimum atomic E-state index is -0.115.